The van der Waals surface area contributed by atoms with Crippen molar-refractivity contribution in [3.05, 3.63) is 0 Å². The number of rotatable bonds is 10. The molecule has 0 fully saturated rings. The molecule has 17 heteroatoms. The van der Waals surface area contributed by atoms with Gasteiger partial charge in [0.1, 0.15) is 0 Å². The van der Waals surface area contributed by atoms with Gasteiger partial charge in [-0.2, -0.15) is 0 Å². The second kappa shape index (κ2) is 16.3. The van der Waals surface area contributed by atoms with Gasteiger partial charge in [-0.3, -0.25) is 0 Å². The van der Waals surface area contributed by atoms with Gasteiger partial charge in [-0.25, -0.2) is 0 Å². The SMILES string of the molecule is O=C(CC(O)(CC(=O)OC(=O)CC(O)(CC(=O)[O][Au])C(=O)O)C(=O)O)[O][Au].[KH].[KH]. The number of carboxylic acid groups (broad SMARTS) is 2. The first-order chi connectivity index (χ1) is 12.3. The van der Waals surface area contributed by atoms with Crippen molar-refractivity contribution < 1.29 is 103 Å². The van der Waals surface area contributed by atoms with E-state index in [0.29, 0.717) is 0 Å². The summed E-state index contributed by atoms with van der Waals surface area (Å²) in [6.07, 6.45) is -5.03. The summed E-state index contributed by atoms with van der Waals surface area (Å²) in [5.41, 5.74) is -5.91. The second-order valence-electron chi connectivity index (χ2n) is 5.09. The second-order valence-corrected chi connectivity index (χ2v) is 5.98. The van der Waals surface area contributed by atoms with Gasteiger partial charge in [-0.1, -0.05) is 0 Å². The van der Waals surface area contributed by atoms with E-state index in [9.17, 15) is 39.0 Å². The molecule has 13 nitrogen and oxygen atoms in total. The summed E-state index contributed by atoms with van der Waals surface area (Å²) in [7, 11) is 0. The van der Waals surface area contributed by atoms with Crippen LogP contribution in [0.15, 0.2) is 0 Å². The fraction of sp³-hybridized carbons (Fsp3) is 0.500. The summed E-state index contributed by atoms with van der Waals surface area (Å²) >= 11 is 2.60. The van der Waals surface area contributed by atoms with Crippen LogP contribution in [-0.4, -0.2) is 170 Å². The Bertz CT molecular complexity index is 604. The number of aliphatic hydroxyl groups is 2. The van der Waals surface area contributed by atoms with E-state index < -0.39 is 72.7 Å². The number of aliphatic carboxylic acids is 2. The van der Waals surface area contributed by atoms with Crippen LogP contribution < -0.4 is 0 Å². The third kappa shape index (κ3) is 13.1. The van der Waals surface area contributed by atoms with E-state index in [4.69, 9.17) is 10.2 Å². The van der Waals surface area contributed by atoms with Crippen molar-refractivity contribution in [3.8, 4) is 0 Å². The molecule has 2 unspecified atom stereocenters. The van der Waals surface area contributed by atoms with E-state index in [1.807, 2.05) is 0 Å². The molecule has 0 rings (SSSR count). The Morgan fingerprint density at radius 1 is 0.621 bits per heavy atom. The number of carbonyl (C=O) groups excluding carboxylic acids is 4. The zero-order valence-electron chi connectivity index (χ0n) is 12.9. The normalized spacial score (nSPS) is 13.9. The van der Waals surface area contributed by atoms with Crippen LogP contribution in [0.5, 0.6) is 0 Å². The number of esters is 2. The van der Waals surface area contributed by atoms with Crippen molar-refractivity contribution in [2.45, 2.75) is 36.9 Å². The van der Waals surface area contributed by atoms with Gasteiger partial charge in [-0.15, -0.1) is 0 Å². The van der Waals surface area contributed by atoms with Crippen LogP contribution in [0, 0.1) is 0 Å². The molecule has 0 bridgehead atoms. The molecule has 0 saturated heterocycles. The molecule has 0 heterocycles. The van der Waals surface area contributed by atoms with E-state index in [1.54, 1.807) is 0 Å². The molecule has 0 aromatic carbocycles. The Labute approximate surface area is 273 Å². The van der Waals surface area contributed by atoms with Gasteiger partial charge in [-0.05, 0) is 0 Å². The monoisotopic (exact) mass is 838 g/mol. The average molecular weight is 838 g/mol. The summed E-state index contributed by atoms with van der Waals surface area (Å²) < 4.78 is 12.4. The number of hydrogen-bond donors (Lipinski definition) is 4. The van der Waals surface area contributed by atoms with Crippen LogP contribution >= 0.6 is 0 Å². The first-order valence-corrected chi connectivity index (χ1v) is 8.28. The molecule has 0 aliphatic carbocycles. The number of hydrogen-bond acceptors (Lipinski definition) is 11. The van der Waals surface area contributed by atoms with E-state index in [1.165, 1.54) is 42.9 Å². The molecule has 0 amide bonds. The van der Waals surface area contributed by atoms with Gasteiger partial charge < -0.3 is 0 Å². The third-order valence-electron chi connectivity index (χ3n) is 2.91. The molecule has 0 saturated carbocycles. The maximum atomic E-state index is 11.6. The summed E-state index contributed by atoms with van der Waals surface area (Å²) in [6, 6.07) is 0. The van der Waals surface area contributed by atoms with E-state index in [0.717, 1.165) is 0 Å². The van der Waals surface area contributed by atoms with Gasteiger partial charge in [0.05, 0.1) is 0 Å². The van der Waals surface area contributed by atoms with Crippen LogP contribution in [0.4, 0.5) is 0 Å². The molecule has 29 heavy (non-hydrogen) atoms. The Morgan fingerprint density at radius 3 is 1.07 bits per heavy atom. The van der Waals surface area contributed by atoms with Crippen LogP contribution in [-0.2, 0) is 82.9 Å². The van der Waals surface area contributed by atoms with Gasteiger partial charge in [0.2, 0.25) is 0 Å². The zero-order valence-corrected chi connectivity index (χ0v) is 17.2. The van der Waals surface area contributed by atoms with Crippen LogP contribution in [0.25, 0.3) is 0 Å². The van der Waals surface area contributed by atoms with E-state index >= 15 is 0 Å². The topological polar surface area (TPSA) is 211 Å². The van der Waals surface area contributed by atoms with E-state index in [-0.39, 0.29) is 103 Å². The summed E-state index contributed by atoms with van der Waals surface area (Å²) in [4.78, 5) is 67.6. The number of carboxylic acids is 2. The molecular weight excluding hydrogens is 824 g/mol. The predicted octanol–water partition coefficient (Wildman–Crippen LogP) is -4.04. The molecule has 4 N–H and O–H groups in total. The number of ether oxygens (including phenoxy) is 1. The third-order valence-corrected chi connectivity index (χ3v) is 3.89. The average Bonchev–Trinajstić information content (AvgIpc) is 2.53. The molecule has 164 valence electrons. The predicted molar refractivity (Wildman–Crippen MR) is 81.2 cm³/mol. The Balaban J connectivity index is -0.00000338. The van der Waals surface area contributed by atoms with Gasteiger partial charge in [0.25, 0.3) is 0 Å². The van der Waals surface area contributed by atoms with Gasteiger partial charge in [0, 0.05) is 0 Å². The molecule has 2 atom stereocenters. The maximum absolute atomic E-state index is 11.6. The molecule has 0 aliphatic rings. The Morgan fingerprint density at radius 2 is 0.862 bits per heavy atom. The van der Waals surface area contributed by atoms with Gasteiger partial charge in [0.15, 0.2) is 0 Å². The summed E-state index contributed by atoms with van der Waals surface area (Å²) in [5.74, 6) is -9.63. The van der Waals surface area contributed by atoms with Crippen molar-refractivity contribution in [2.24, 2.45) is 0 Å². The molecule has 0 aromatic heterocycles. The number of carbonyl (C=O) groups is 6. The molecule has 0 radical (unpaired) electrons. The van der Waals surface area contributed by atoms with E-state index in [2.05, 4.69) is 11.2 Å². The standard InChI is InChI=1S/C12H14O13.2Au.2K.2H/c13-5(14)1-11(23,9(19)20)3-7(17)25-8(18)4-12(24,10(21)22)2-6(15)16;;;;;;/h23-24H,1-4H2,(H,13,14)(H,15,16)(H,19,20)(H,21,22);;;;;;/q;2*+1;;;;/p-2. The van der Waals surface area contributed by atoms with Gasteiger partial charge >= 0.3 is 279 Å². The van der Waals surface area contributed by atoms with Crippen molar-refractivity contribution in [1.29, 1.82) is 0 Å². The first-order valence-electron chi connectivity index (χ1n) is 6.51. The van der Waals surface area contributed by atoms with Crippen LogP contribution in [0.2, 0.25) is 0 Å². The van der Waals surface area contributed by atoms with Crippen molar-refractivity contribution in [3.63, 3.8) is 0 Å². The molecular formula is C12H14Au2K2O13. The van der Waals surface area contributed by atoms with Crippen LogP contribution in [0.3, 0.4) is 0 Å². The van der Waals surface area contributed by atoms with Crippen molar-refractivity contribution in [2.75, 3.05) is 0 Å². The fourth-order valence-corrected chi connectivity index (χ4v) is 1.94. The summed E-state index contributed by atoms with van der Waals surface area (Å²) in [6.45, 7) is 0. The van der Waals surface area contributed by atoms with Crippen LogP contribution in [0.1, 0.15) is 25.7 Å². The molecule has 0 aliphatic heterocycles. The molecule has 0 aromatic rings. The first kappa shape index (κ1) is 35.3. The fourth-order valence-electron chi connectivity index (χ4n) is 1.63. The minimum absolute atomic E-state index is 0. The summed E-state index contributed by atoms with van der Waals surface area (Å²) in [5, 5.41) is 37.5. The Kier molecular flexibility index (Phi) is 19.9. The minimum atomic E-state index is -2.96. The quantitative estimate of drug-likeness (QED) is 0.0940. The Hall–Kier alpha value is 1.69. The zero-order chi connectivity index (χ0) is 21.4. The van der Waals surface area contributed by atoms with Crippen molar-refractivity contribution in [1.82, 2.24) is 0 Å². The molecule has 0 spiro atoms. The van der Waals surface area contributed by atoms with Crippen molar-refractivity contribution >= 4 is 139 Å².